The predicted octanol–water partition coefficient (Wildman–Crippen LogP) is 3.85. The van der Waals surface area contributed by atoms with Crippen LogP contribution in [0.5, 0.6) is 11.5 Å². The van der Waals surface area contributed by atoms with Crippen LogP contribution in [0.25, 0.3) is 0 Å². The number of hydrogen-bond acceptors (Lipinski definition) is 6. The molecule has 32 heavy (non-hydrogen) atoms. The molecular weight excluding hydrogens is 412 g/mol. The van der Waals surface area contributed by atoms with Crippen LogP contribution in [0, 0.1) is 5.92 Å². The molecule has 170 valence electrons. The van der Waals surface area contributed by atoms with Crippen molar-refractivity contribution < 1.29 is 28.9 Å². The molecule has 0 saturated carbocycles. The number of benzene rings is 1. The Morgan fingerprint density at radius 3 is 2.66 bits per heavy atom. The van der Waals surface area contributed by atoms with E-state index in [-0.39, 0.29) is 13.3 Å². The number of aryl methyl sites for hydroxylation is 1. The van der Waals surface area contributed by atoms with Crippen molar-refractivity contribution in [1.82, 2.24) is 9.88 Å². The molecule has 0 bridgehead atoms. The Bertz CT molecular complexity index is 988. The Hall–Kier alpha value is -3.29. The van der Waals surface area contributed by atoms with Gasteiger partial charge in [0.15, 0.2) is 11.5 Å². The summed E-state index contributed by atoms with van der Waals surface area (Å²) in [7, 11) is 0. The van der Waals surface area contributed by atoms with Gasteiger partial charge in [0.1, 0.15) is 5.60 Å². The second kappa shape index (κ2) is 8.68. The summed E-state index contributed by atoms with van der Waals surface area (Å²) < 4.78 is 16.5. The highest BCUT2D eigenvalue weighted by atomic mass is 16.7. The summed E-state index contributed by atoms with van der Waals surface area (Å²) >= 11 is 0. The van der Waals surface area contributed by atoms with Crippen molar-refractivity contribution in [2.75, 3.05) is 13.3 Å². The van der Waals surface area contributed by atoms with Crippen molar-refractivity contribution in [3.05, 3.63) is 53.9 Å². The van der Waals surface area contributed by atoms with Gasteiger partial charge in [-0.1, -0.05) is 12.1 Å². The van der Waals surface area contributed by atoms with E-state index in [1.165, 1.54) is 0 Å². The van der Waals surface area contributed by atoms with Gasteiger partial charge in [-0.3, -0.25) is 9.78 Å². The summed E-state index contributed by atoms with van der Waals surface area (Å²) in [6.07, 6.45) is 2.23. The Balaban J connectivity index is 1.65. The molecule has 1 fully saturated rings. The lowest BCUT2D eigenvalue weighted by Gasteiger charge is -2.29. The number of carboxylic acids is 1. The van der Waals surface area contributed by atoms with Gasteiger partial charge in [-0.2, -0.15) is 0 Å². The van der Waals surface area contributed by atoms with E-state index in [1.807, 2.05) is 30.3 Å². The zero-order valence-electron chi connectivity index (χ0n) is 18.5. The minimum Gasteiger partial charge on any atom is -0.481 e. The van der Waals surface area contributed by atoms with Crippen molar-refractivity contribution in [2.45, 2.75) is 51.2 Å². The van der Waals surface area contributed by atoms with E-state index in [0.717, 1.165) is 11.3 Å². The van der Waals surface area contributed by atoms with Gasteiger partial charge in [0.25, 0.3) is 0 Å². The first-order valence-corrected chi connectivity index (χ1v) is 10.7. The quantitative estimate of drug-likeness (QED) is 0.754. The van der Waals surface area contributed by atoms with Gasteiger partial charge >= 0.3 is 12.1 Å². The number of nitrogens with zero attached hydrogens (tertiary/aromatic N) is 2. The Morgan fingerprint density at radius 2 is 1.97 bits per heavy atom. The van der Waals surface area contributed by atoms with Crippen LogP contribution in [0.2, 0.25) is 0 Å². The van der Waals surface area contributed by atoms with Crippen LogP contribution in [0.1, 0.15) is 44.4 Å². The lowest BCUT2D eigenvalue weighted by Crippen LogP contribution is -2.43. The summed E-state index contributed by atoms with van der Waals surface area (Å²) in [6, 6.07) is 10.6. The number of aromatic nitrogens is 1. The van der Waals surface area contributed by atoms with Crippen LogP contribution in [0.3, 0.4) is 0 Å². The number of hydrogen-bond donors (Lipinski definition) is 1. The van der Waals surface area contributed by atoms with E-state index < -0.39 is 35.5 Å². The molecule has 1 N–H and O–H groups in total. The topological polar surface area (TPSA) is 98.2 Å². The fourth-order valence-electron chi connectivity index (χ4n) is 4.42. The van der Waals surface area contributed by atoms with Crippen molar-refractivity contribution in [1.29, 1.82) is 0 Å². The maximum atomic E-state index is 13.1. The molecule has 0 aliphatic carbocycles. The van der Waals surface area contributed by atoms with Crippen LogP contribution in [0.15, 0.2) is 42.6 Å². The van der Waals surface area contributed by atoms with Crippen molar-refractivity contribution in [3.63, 3.8) is 0 Å². The van der Waals surface area contributed by atoms with Crippen molar-refractivity contribution in [2.24, 2.45) is 5.92 Å². The van der Waals surface area contributed by atoms with E-state index in [1.54, 1.807) is 37.9 Å². The summed E-state index contributed by atoms with van der Waals surface area (Å²) in [4.78, 5) is 31.4. The molecule has 3 atom stereocenters. The van der Waals surface area contributed by atoms with Gasteiger partial charge in [0, 0.05) is 30.4 Å². The average molecular weight is 440 g/mol. The molecule has 4 rings (SSSR count). The largest absolute Gasteiger partial charge is 0.481 e. The standard InChI is InChI=1S/C24H28N2O6/c1-24(2,3)32-23(29)26-13-17(15-7-10-19-20(12-15)31-14-30-19)21(22(27)28)18(26)9-8-16-6-4-5-11-25-16/h4-7,10-12,17-18,21H,8-9,13-14H2,1-3H3,(H,27,28)/t17-,18+,21-/m1/s1. The molecule has 1 amide bonds. The van der Waals surface area contributed by atoms with Crippen LogP contribution in [-0.4, -0.2) is 52.0 Å². The van der Waals surface area contributed by atoms with E-state index in [9.17, 15) is 14.7 Å². The van der Waals surface area contributed by atoms with Gasteiger partial charge in [-0.25, -0.2) is 4.79 Å². The fraction of sp³-hybridized carbons (Fsp3) is 0.458. The zero-order valence-corrected chi connectivity index (χ0v) is 18.5. The van der Waals surface area contributed by atoms with Gasteiger partial charge in [0.2, 0.25) is 6.79 Å². The minimum absolute atomic E-state index is 0.141. The zero-order chi connectivity index (χ0) is 22.9. The molecule has 1 saturated heterocycles. The molecule has 8 heteroatoms. The van der Waals surface area contributed by atoms with E-state index >= 15 is 0 Å². The summed E-state index contributed by atoms with van der Waals surface area (Å²) in [6.45, 7) is 5.79. The minimum atomic E-state index is -0.940. The SMILES string of the molecule is CC(C)(C)OC(=O)N1C[C@H](c2ccc3c(c2)OCO3)[C@@H](C(=O)O)[C@@H]1CCc1ccccn1. The number of amides is 1. The van der Waals surface area contributed by atoms with Crippen LogP contribution >= 0.6 is 0 Å². The predicted molar refractivity (Wildman–Crippen MR) is 116 cm³/mol. The van der Waals surface area contributed by atoms with E-state index in [0.29, 0.717) is 24.3 Å². The molecule has 0 radical (unpaired) electrons. The first kappa shape index (κ1) is 21.9. The maximum Gasteiger partial charge on any atom is 0.410 e. The first-order valence-electron chi connectivity index (χ1n) is 10.7. The Labute approximate surface area is 187 Å². The van der Waals surface area contributed by atoms with Crippen LogP contribution in [-0.2, 0) is 16.0 Å². The molecule has 2 aliphatic heterocycles. The highest BCUT2D eigenvalue weighted by Crippen LogP contribution is 2.43. The lowest BCUT2D eigenvalue weighted by atomic mass is 9.83. The third kappa shape index (κ3) is 4.64. The monoisotopic (exact) mass is 440 g/mol. The number of ether oxygens (including phenoxy) is 3. The second-order valence-electron chi connectivity index (χ2n) is 9.14. The number of likely N-dealkylation sites (tertiary alicyclic amines) is 1. The molecule has 1 aromatic carbocycles. The summed E-state index contributed by atoms with van der Waals surface area (Å²) in [5, 5.41) is 10.2. The molecule has 8 nitrogen and oxygen atoms in total. The molecular formula is C24H28N2O6. The average Bonchev–Trinajstić information content (AvgIpc) is 3.35. The first-order chi connectivity index (χ1) is 15.2. The van der Waals surface area contributed by atoms with E-state index in [4.69, 9.17) is 14.2 Å². The Morgan fingerprint density at radius 1 is 1.19 bits per heavy atom. The lowest BCUT2D eigenvalue weighted by molar-refractivity contribution is -0.143. The van der Waals surface area contributed by atoms with Gasteiger partial charge in [-0.05, 0) is 63.4 Å². The molecule has 0 unspecified atom stereocenters. The maximum absolute atomic E-state index is 13.1. The molecule has 0 spiro atoms. The fourth-order valence-corrected chi connectivity index (χ4v) is 4.42. The molecule has 1 aromatic heterocycles. The molecule has 2 aliphatic rings. The van der Waals surface area contributed by atoms with Crippen molar-refractivity contribution in [3.8, 4) is 11.5 Å². The third-order valence-corrected chi connectivity index (χ3v) is 5.80. The van der Waals surface area contributed by atoms with E-state index in [2.05, 4.69) is 4.98 Å². The number of pyridine rings is 1. The number of carbonyl (C=O) groups is 2. The Kier molecular flexibility index (Phi) is 5.95. The number of aliphatic carboxylic acids is 1. The third-order valence-electron chi connectivity index (χ3n) is 5.80. The second-order valence-corrected chi connectivity index (χ2v) is 9.14. The highest BCUT2D eigenvalue weighted by Gasteiger charge is 2.49. The van der Waals surface area contributed by atoms with Gasteiger partial charge in [-0.15, -0.1) is 0 Å². The van der Waals surface area contributed by atoms with Gasteiger partial charge < -0.3 is 24.2 Å². The number of rotatable bonds is 5. The summed E-state index contributed by atoms with van der Waals surface area (Å²) in [5.41, 5.74) is 0.973. The van der Waals surface area contributed by atoms with Gasteiger partial charge in [0.05, 0.1) is 5.92 Å². The number of fused-ring (bicyclic) bond motifs is 1. The molecule has 3 heterocycles. The van der Waals surface area contributed by atoms with Crippen molar-refractivity contribution >= 4 is 12.1 Å². The summed E-state index contributed by atoms with van der Waals surface area (Å²) in [5.74, 6) is -0.902. The normalized spacial score (nSPS) is 22.1. The highest BCUT2D eigenvalue weighted by molar-refractivity contribution is 5.77. The van der Waals surface area contributed by atoms with Crippen LogP contribution < -0.4 is 9.47 Å². The smallest absolute Gasteiger partial charge is 0.410 e. The number of carbonyl (C=O) groups excluding carboxylic acids is 1. The number of carboxylic acid groups (broad SMARTS) is 1. The van der Waals surface area contributed by atoms with Crippen LogP contribution in [0.4, 0.5) is 4.79 Å². The molecule has 2 aromatic rings.